The molecule has 0 aliphatic carbocycles. The van der Waals surface area contributed by atoms with E-state index in [9.17, 15) is 0 Å². The zero-order valence-corrected chi connectivity index (χ0v) is 55.2. The summed E-state index contributed by atoms with van der Waals surface area (Å²) in [4.78, 5) is 20.3. The van der Waals surface area contributed by atoms with E-state index in [4.69, 9.17) is 4.18 Å². The second-order valence-electron chi connectivity index (χ2n) is 24.8. The highest BCUT2D eigenvalue weighted by Crippen LogP contribution is 2.75. The highest BCUT2D eigenvalue weighted by Gasteiger charge is 2.45. The second-order valence-corrected chi connectivity index (χ2v) is 27.3. The molecule has 0 saturated carbocycles. The topological polar surface area (TPSA) is 26.3 Å². The minimum absolute atomic E-state index is 0.0324. The molecular formula is C76H130O2S. The maximum atomic E-state index is 15.8. The van der Waals surface area contributed by atoms with Crippen molar-refractivity contribution >= 4 is 16.3 Å². The first-order valence-corrected chi connectivity index (χ1v) is 36.8. The van der Waals surface area contributed by atoms with Crippen LogP contribution in [0.5, 0.6) is 0 Å². The molecule has 0 heterocycles. The molecule has 0 unspecified atom stereocenters. The molecule has 3 heteroatoms. The predicted octanol–water partition coefficient (Wildman–Crippen LogP) is 25.3. The summed E-state index contributed by atoms with van der Waals surface area (Å²) >= 11 is 0. The Morgan fingerprint density at radius 2 is 0.456 bits per heavy atom. The summed E-state index contributed by atoms with van der Waals surface area (Å²) in [5.41, 5.74) is 13.8. The van der Waals surface area contributed by atoms with Crippen LogP contribution in [-0.4, -0.2) is 5.97 Å². The van der Waals surface area contributed by atoms with Gasteiger partial charge in [0.25, 0.3) is 0 Å². The van der Waals surface area contributed by atoms with Crippen molar-refractivity contribution in [3.63, 3.8) is 0 Å². The summed E-state index contributed by atoms with van der Waals surface area (Å²) < 4.78 is 8.35. The maximum absolute atomic E-state index is 15.8. The monoisotopic (exact) mass is 1110 g/mol. The minimum atomic E-state index is -2.68. The molecule has 452 valence electrons. The van der Waals surface area contributed by atoms with Crippen molar-refractivity contribution in [2.45, 2.75) is 386 Å². The standard InChI is InChI=1S/C76H130O2S/c1-11-21-30-39-49-64-58-67(52-42-33-24-14-4)74(68(59-64)53-43-34-25-15-5)79(78-73(77)48-20-10,75-69(54-44-35-26-16-6)60-65(50-40-31-22-12-2)61-70(75)55-45-36-27-17-7)76-71(56-46-37-28-18-8)62-66(51-41-32-23-13-3)63-72(76)57-47-38-29-19-9/h58-63H,11-57H2,1-10H3. The predicted molar refractivity (Wildman–Crippen MR) is 353 cm³/mol. The van der Waals surface area contributed by atoms with Gasteiger partial charge in [0.05, 0.1) is 0 Å². The van der Waals surface area contributed by atoms with Crippen LogP contribution in [0.1, 0.15) is 363 Å². The Labute approximate surface area is 494 Å². The number of hydrogen-bond donors (Lipinski definition) is 0. The lowest BCUT2D eigenvalue weighted by atomic mass is 9.94. The van der Waals surface area contributed by atoms with Gasteiger partial charge < -0.3 is 4.18 Å². The lowest BCUT2D eigenvalue weighted by Gasteiger charge is -2.47. The number of unbranched alkanes of at least 4 members (excludes halogenated alkanes) is 27. The molecular weight excluding hydrogens is 977 g/mol. The first kappa shape index (κ1) is 70.7. The first-order valence-electron chi connectivity index (χ1n) is 35.3. The molecule has 0 radical (unpaired) electrons. The van der Waals surface area contributed by atoms with Crippen molar-refractivity contribution < 1.29 is 8.98 Å². The molecule has 0 bridgehead atoms. The molecule has 0 N–H and O–H groups in total. The van der Waals surface area contributed by atoms with Crippen LogP contribution in [0.25, 0.3) is 0 Å². The number of rotatable bonds is 51. The Hall–Kier alpha value is -2.52. The Balaban J connectivity index is 2.97. The van der Waals surface area contributed by atoms with Crippen LogP contribution < -0.4 is 0 Å². The summed E-state index contributed by atoms with van der Waals surface area (Å²) in [5.74, 6) is 0.0324. The lowest BCUT2D eigenvalue weighted by molar-refractivity contribution is -0.133. The number of aryl methyl sites for hydroxylation is 9. The van der Waals surface area contributed by atoms with Crippen molar-refractivity contribution in [2.24, 2.45) is 0 Å². The molecule has 3 aromatic carbocycles. The van der Waals surface area contributed by atoms with Crippen LogP contribution in [0.15, 0.2) is 51.1 Å². The summed E-state index contributed by atoms with van der Waals surface area (Å²) in [6.07, 6.45) is 55.9. The zero-order valence-electron chi connectivity index (χ0n) is 54.4. The molecule has 0 aromatic heterocycles. The van der Waals surface area contributed by atoms with Gasteiger partial charge in [-0.3, -0.25) is 4.79 Å². The summed E-state index contributed by atoms with van der Waals surface area (Å²) in [7, 11) is -2.68. The number of carbonyl (C=O) groups is 1. The quantitative estimate of drug-likeness (QED) is 0.0527. The number of carbonyl (C=O) groups excluding carboxylic acids is 1. The molecule has 0 fully saturated rings. The van der Waals surface area contributed by atoms with Gasteiger partial charge >= 0.3 is 5.97 Å². The van der Waals surface area contributed by atoms with E-state index in [1.54, 1.807) is 0 Å². The first-order chi connectivity index (χ1) is 38.8. The van der Waals surface area contributed by atoms with E-state index in [1.165, 1.54) is 296 Å². The molecule has 0 aliphatic heterocycles. The van der Waals surface area contributed by atoms with Crippen LogP contribution in [0.2, 0.25) is 0 Å². The number of hydrogen-bond acceptors (Lipinski definition) is 2. The second kappa shape index (κ2) is 45.0. The van der Waals surface area contributed by atoms with Crippen LogP contribution in [0.3, 0.4) is 0 Å². The molecule has 0 atom stereocenters. The third-order valence-corrected chi connectivity index (χ3v) is 20.9. The van der Waals surface area contributed by atoms with Gasteiger partial charge in [-0.1, -0.05) is 279 Å². The van der Waals surface area contributed by atoms with E-state index in [1.807, 2.05) is 0 Å². The molecule has 3 rings (SSSR count). The van der Waals surface area contributed by atoms with E-state index >= 15 is 4.79 Å². The van der Waals surface area contributed by atoms with Crippen molar-refractivity contribution in [2.75, 3.05) is 0 Å². The van der Waals surface area contributed by atoms with Gasteiger partial charge in [0, 0.05) is 21.1 Å². The molecule has 0 spiro atoms. The van der Waals surface area contributed by atoms with Gasteiger partial charge in [0.15, 0.2) is 0 Å². The Morgan fingerprint density at radius 3 is 0.633 bits per heavy atom. The van der Waals surface area contributed by atoms with Crippen LogP contribution in [0.4, 0.5) is 0 Å². The van der Waals surface area contributed by atoms with Crippen molar-refractivity contribution in [1.29, 1.82) is 0 Å². The lowest BCUT2D eigenvalue weighted by Crippen LogP contribution is -2.23. The summed E-state index contributed by atoms with van der Waals surface area (Å²) in [6.45, 7) is 23.5. The fourth-order valence-electron chi connectivity index (χ4n) is 12.7. The van der Waals surface area contributed by atoms with Crippen LogP contribution in [0, 0.1) is 0 Å². The molecule has 0 amide bonds. The highest BCUT2D eigenvalue weighted by molar-refractivity contribution is 8.30. The highest BCUT2D eigenvalue weighted by atomic mass is 32.3. The average molecular weight is 1110 g/mol. The fraction of sp³-hybridized carbons (Fsp3) is 0.750. The van der Waals surface area contributed by atoms with Gasteiger partial charge in [0.1, 0.15) is 0 Å². The summed E-state index contributed by atoms with van der Waals surface area (Å²) in [5, 5.41) is 0. The third kappa shape index (κ3) is 25.9. The van der Waals surface area contributed by atoms with Crippen LogP contribution >= 0.6 is 10.3 Å². The van der Waals surface area contributed by atoms with E-state index in [0.717, 1.165) is 64.2 Å². The molecule has 79 heavy (non-hydrogen) atoms. The molecule has 0 aliphatic rings. The largest absolute Gasteiger partial charge is 0.402 e. The Morgan fingerprint density at radius 1 is 0.266 bits per heavy atom. The van der Waals surface area contributed by atoms with E-state index in [2.05, 4.69) is 106 Å². The third-order valence-electron chi connectivity index (χ3n) is 17.2. The van der Waals surface area contributed by atoms with Crippen molar-refractivity contribution in [1.82, 2.24) is 0 Å². The van der Waals surface area contributed by atoms with E-state index < -0.39 is 10.3 Å². The van der Waals surface area contributed by atoms with Crippen LogP contribution in [-0.2, 0) is 66.8 Å². The van der Waals surface area contributed by atoms with E-state index in [-0.39, 0.29) is 5.97 Å². The molecule has 0 saturated heterocycles. The summed E-state index contributed by atoms with van der Waals surface area (Å²) in [6, 6.07) is 16.4. The van der Waals surface area contributed by atoms with Crippen molar-refractivity contribution in [3.05, 3.63) is 86.5 Å². The fourth-order valence-corrected chi connectivity index (χ4v) is 17.1. The zero-order chi connectivity index (χ0) is 57.2. The van der Waals surface area contributed by atoms with Gasteiger partial charge in [-0.15, -0.1) is 0 Å². The van der Waals surface area contributed by atoms with Gasteiger partial charge in [0.2, 0.25) is 0 Å². The number of benzene rings is 3. The van der Waals surface area contributed by atoms with Crippen molar-refractivity contribution in [3.8, 4) is 0 Å². The van der Waals surface area contributed by atoms with E-state index in [0.29, 0.717) is 6.42 Å². The van der Waals surface area contributed by atoms with Gasteiger partial charge in [-0.05, 0) is 182 Å². The smallest absolute Gasteiger partial charge is 0.317 e. The molecule has 2 nitrogen and oxygen atoms in total. The van der Waals surface area contributed by atoms with Gasteiger partial charge in [-0.2, -0.15) is 0 Å². The van der Waals surface area contributed by atoms with Gasteiger partial charge in [-0.25, -0.2) is 0 Å². The molecule has 3 aromatic rings. The average Bonchev–Trinajstić information content (AvgIpc) is 3.21. The SMILES string of the molecule is CCCCCCc1cc(CCCCCC)c(S(OC(=O)CCC)(c2c(CCCCCC)cc(CCCCCC)cc2CCCCCC)c2c(CCCCCC)cc(CCCCCC)cc2CCCCCC)c(CCCCCC)c1. The Kier molecular flexibility index (Phi) is 40.3. The maximum Gasteiger partial charge on any atom is 0.317 e. The minimum Gasteiger partial charge on any atom is -0.402 e. The normalized spacial score (nSPS) is 12.0. The Bertz CT molecular complexity index is 1700.